The van der Waals surface area contributed by atoms with E-state index >= 15 is 0 Å². The van der Waals surface area contributed by atoms with Crippen LogP contribution in [0, 0.1) is 0 Å². The Kier molecular flexibility index (Phi) is 5.57. The number of rotatable bonds is 3. The van der Waals surface area contributed by atoms with E-state index in [0.717, 1.165) is 0 Å². The van der Waals surface area contributed by atoms with Gasteiger partial charge in [-0.1, -0.05) is 5.16 Å². The Balaban J connectivity index is 1.81. The maximum absolute atomic E-state index is 12.4. The molecule has 2 amide bonds. The highest BCUT2D eigenvalue weighted by Gasteiger charge is 2.30. The molecule has 3 rings (SSSR count). The lowest BCUT2D eigenvalue weighted by Crippen LogP contribution is -2.42. The molecule has 1 atom stereocenters. The molecule has 2 aromatic heterocycles. The Morgan fingerprint density at radius 2 is 2.17 bits per heavy atom. The SMILES string of the molecule is CC(C)(C)OC(=O)N1CCCC(c2nc(C(=O)Nc3cnoc3)c(O)c(=O)[nH]2)C1. The van der Waals surface area contributed by atoms with Crippen LogP contribution in [-0.2, 0) is 4.74 Å². The average molecular weight is 405 g/mol. The molecule has 0 aliphatic carbocycles. The summed E-state index contributed by atoms with van der Waals surface area (Å²) in [5.74, 6) is -1.66. The molecule has 1 fully saturated rings. The van der Waals surface area contributed by atoms with Crippen LogP contribution in [0.25, 0.3) is 0 Å². The van der Waals surface area contributed by atoms with Crippen molar-refractivity contribution in [3.63, 3.8) is 0 Å². The van der Waals surface area contributed by atoms with Crippen LogP contribution >= 0.6 is 0 Å². The summed E-state index contributed by atoms with van der Waals surface area (Å²) in [6, 6.07) is 0. The molecular formula is C18H23N5O6. The molecule has 0 aromatic carbocycles. The predicted octanol–water partition coefficient (Wildman–Crippen LogP) is 1.83. The van der Waals surface area contributed by atoms with Crippen molar-refractivity contribution in [3.8, 4) is 5.75 Å². The Morgan fingerprint density at radius 1 is 1.41 bits per heavy atom. The van der Waals surface area contributed by atoms with Gasteiger partial charge in [0, 0.05) is 19.0 Å². The number of hydrogen-bond donors (Lipinski definition) is 3. The molecule has 0 radical (unpaired) electrons. The van der Waals surface area contributed by atoms with Crippen molar-refractivity contribution in [2.24, 2.45) is 0 Å². The van der Waals surface area contributed by atoms with Gasteiger partial charge in [0.05, 0.1) is 6.20 Å². The van der Waals surface area contributed by atoms with Crippen molar-refractivity contribution in [2.75, 3.05) is 18.4 Å². The second-order valence-electron chi connectivity index (χ2n) is 7.78. The van der Waals surface area contributed by atoms with E-state index in [2.05, 4.69) is 25.0 Å². The third-order valence-corrected chi connectivity index (χ3v) is 4.28. The molecule has 3 N–H and O–H groups in total. The van der Waals surface area contributed by atoms with Gasteiger partial charge in [0.15, 0.2) is 5.69 Å². The number of piperidine rings is 1. The number of aromatic hydroxyl groups is 1. The minimum atomic E-state index is -0.833. The minimum Gasteiger partial charge on any atom is -0.501 e. The Hall–Kier alpha value is -3.37. The molecule has 0 saturated carbocycles. The number of hydrogen-bond acceptors (Lipinski definition) is 8. The third kappa shape index (κ3) is 4.92. The van der Waals surface area contributed by atoms with Gasteiger partial charge in [-0.15, -0.1) is 0 Å². The summed E-state index contributed by atoms with van der Waals surface area (Å²) < 4.78 is 10.0. The third-order valence-electron chi connectivity index (χ3n) is 4.28. The number of anilines is 1. The predicted molar refractivity (Wildman–Crippen MR) is 101 cm³/mol. The molecule has 0 spiro atoms. The normalized spacial score (nSPS) is 17.1. The number of ether oxygens (including phenoxy) is 1. The van der Waals surface area contributed by atoms with Crippen LogP contribution < -0.4 is 10.9 Å². The van der Waals surface area contributed by atoms with Gasteiger partial charge in [-0.3, -0.25) is 9.59 Å². The Labute approximate surface area is 166 Å². The number of carbonyl (C=O) groups excluding carboxylic acids is 2. The molecule has 0 bridgehead atoms. The summed E-state index contributed by atoms with van der Waals surface area (Å²) in [5, 5.41) is 15.9. The molecule has 2 aromatic rings. The summed E-state index contributed by atoms with van der Waals surface area (Å²) in [4.78, 5) is 45.1. The Morgan fingerprint density at radius 3 is 2.83 bits per heavy atom. The van der Waals surface area contributed by atoms with Crippen molar-refractivity contribution in [3.05, 3.63) is 34.3 Å². The van der Waals surface area contributed by atoms with Crippen molar-refractivity contribution in [1.82, 2.24) is 20.0 Å². The van der Waals surface area contributed by atoms with E-state index < -0.39 is 34.6 Å². The molecule has 3 heterocycles. The number of H-pyrrole nitrogens is 1. The van der Waals surface area contributed by atoms with Crippen LogP contribution in [0.3, 0.4) is 0 Å². The highest BCUT2D eigenvalue weighted by molar-refractivity contribution is 6.04. The van der Waals surface area contributed by atoms with Crippen LogP contribution in [0.4, 0.5) is 10.5 Å². The van der Waals surface area contributed by atoms with Crippen LogP contribution in [0.1, 0.15) is 55.8 Å². The van der Waals surface area contributed by atoms with E-state index in [1.165, 1.54) is 12.5 Å². The Bertz CT molecular complexity index is 947. The smallest absolute Gasteiger partial charge is 0.410 e. The van der Waals surface area contributed by atoms with Crippen molar-refractivity contribution in [1.29, 1.82) is 0 Å². The van der Waals surface area contributed by atoms with Gasteiger partial charge in [0.2, 0.25) is 5.75 Å². The van der Waals surface area contributed by atoms with Crippen LogP contribution in [0.15, 0.2) is 21.8 Å². The van der Waals surface area contributed by atoms with Crippen molar-refractivity contribution >= 4 is 17.7 Å². The number of amides is 2. The zero-order chi connectivity index (χ0) is 21.2. The van der Waals surface area contributed by atoms with E-state index in [1.54, 1.807) is 25.7 Å². The standard InChI is InChI=1S/C18H23N5O6/c1-18(2,3)29-17(27)23-6-4-5-10(8-23)14-21-12(13(24)16(26)22-14)15(25)20-11-7-19-28-9-11/h7,9-10,24H,4-6,8H2,1-3H3,(H,20,25)(H,21,22,26). The fourth-order valence-corrected chi connectivity index (χ4v) is 2.99. The zero-order valence-corrected chi connectivity index (χ0v) is 16.4. The van der Waals surface area contributed by atoms with E-state index in [0.29, 0.717) is 19.4 Å². The lowest BCUT2D eigenvalue weighted by atomic mass is 9.97. The molecule has 11 nitrogen and oxygen atoms in total. The van der Waals surface area contributed by atoms with Crippen molar-refractivity contribution < 1.29 is 24.0 Å². The largest absolute Gasteiger partial charge is 0.501 e. The molecule has 156 valence electrons. The number of likely N-dealkylation sites (tertiary alicyclic amines) is 1. The van der Waals surface area contributed by atoms with E-state index in [-0.39, 0.29) is 24.0 Å². The van der Waals surface area contributed by atoms with Gasteiger partial charge in [0.1, 0.15) is 23.4 Å². The monoisotopic (exact) mass is 405 g/mol. The van der Waals surface area contributed by atoms with Crippen LogP contribution in [0.2, 0.25) is 0 Å². The van der Waals surface area contributed by atoms with Crippen LogP contribution in [0.5, 0.6) is 5.75 Å². The average Bonchev–Trinajstić information content (AvgIpc) is 3.15. The topological polar surface area (TPSA) is 151 Å². The second-order valence-corrected chi connectivity index (χ2v) is 7.78. The quantitative estimate of drug-likeness (QED) is 0.700. The number of nitrogens with one attached hydrogen (secondary N) is 2. The molecule has 11 heteroatoms. The molecular weight excluding hydrogens is 382 g/mol. The fraction of sp³-hybridized carbons (Fsp3) is 0.500. The van der Waals surface area contributed by atoms with Gasteiger partial charge in [-0.2, -0.15) is 0 Å². The summed E-state index contributed by atoms with van der Waals surface area (Å²) in [6.45, 7) is 6.15. The first-order chi connectivity index (χ1) is 13.6. The van der Waals surface area contributed by atoms with E-state index in [4.69, 9.17) is 4.74 Å². The van der Waals surface area contributed by atoms with Gasteiger partial charge < -0.3 is 29.6 Å². The molecule has 1 aliphatic heterocycles. The van der Waals surface area contributed by atoms with Crippen LogP contribution in [-0.4, -0.2) is 55.8 Å². The highest BCUT2D eigenvalue weighted by Crippen LogP contribution is 2.26. The number of aromatic nitrogens is 3. The minimum absolute atomic E-state index is 0.219. The molecule has 1 saturated heterocycles. The van der Waals surface area contributed by atoms with E-state index in [1.807, 2.05) is 0 Å². The fourth-order valence-electron chi connectivity index (χ4n) is 2.99. The van der Waals surface area contributed by atoms with Gasteiger partial charge in [-0.25, -0.2) is 9.78 Å². The van der Waals surface area contributed by atoms with Gasteiger partial charge >= 0.3 is 6.09 Å². The summed E-state index contributed by atoms with van der Waals surface area (Å²) >= 11 is 0. The molecule has 29 heavy (non-hydrogen) atoms. The lowest BCUT2D eigenvalue weighted by molar-refractivity contribution is 0.0195. The highest BCUT2D eigenvalue weighted by atomic mass is 16.6. The summed E-state index contributed by atoms with van der Waals surface area (Å²) in [6.07, 6.45) is 3.34. The van der Waals surface area contributed by atoms with Crippen molar-refractivity contribution in [2.45, 2.75) is 45.1 Å². The lowest BCUT2D eigenvalue weighted by Gasteiger charge is -2.33. The first kappa shape index (κ1) is 20.4. The maximum Gasteiger partial charge on any atom is 0.410 e. The summed E-state index contributed by atoms with van der Waals surface area (Å²) in [5.41, 5.74) is -1.62. The molecule has 1 aliphatic rings. The maximum atomic E-state index is 12.4. The van der Waals surface area contributed by atoms with Gasteiger partial charge in [-0.05, 0) is 33.6 Å². The molecule has 1 unspecified atom stereocenters. The number of nitrogens with zero attached hydrogens (tertiary/aromatic N) is 3. The van der Waals surface area contributed by atoms with E-state index in [9.17, 15) is 19.5 Å². The zero-order valence-electron chi connectivity index (χ0n) is 16.4. The summed E-state index contributed by atoms with van der Waals surface area (Å²) in [7, 11) is 0. The number of carbonyl (C=O) groups is 2. The first-order valence-corrected chi connectivity index (χ1v) is 9.16. The van der Waals surface area contributed by atoms with Gasteiger partial charge in [0.25, 0.3) is 11.5 Å². The first-order valence-electron chi connectivity index (χ1n) is 9.16. The number of aromatic amines is 1. The second kappa shape index (κ2) is 7.94.